The van der Waals surface area contributed by atoms with Crippen LogP contribution in [0.3, 0.4) is 0 Å². The van der Waals surface area contributed by atoms with E-state index in [0.717, 1.165) is 15.3 Å². The van der Waals surface area contributed by atoms with Gasteiger partial charge in [0.05, 0.1) is 22.9 Å². The number of amides is 2. The highest BCUT2D eigenvalue weighted by Gasteiger charge is 2.58. The number of sulfonamides is 1. The normalized spacial score (nSPS) is 21.8. The molecule has 8 heteroatoms. The Morgan fingerprint density at radius 3 is 2.51 bits per heavy atom. The molecule has 3 atom stereocenters. The number of allylic oxidation sites excluding steroid dienone is 1. The van der Waals surface area contributed by atoms with E-state index >= 15 is 0 Å². The molecule has 2 aliphatic rings. The first-order valence-electron chi connectivity index (χ1n) is 11.6. The summed E-state index contributed by atoms with van der Waals surface area (Å²) in [7, 11) is -4.15. The summed E-state index contributed by atoms with van der Waals surface area (Å²) in [5.41, 5.74) is 0.849. The number of ether oxygens (including phenoxy) is 1. The second-order valence-corrected chi connectivity index (χ2v) is 10.6. The van der Waals surface area contributed by atoms with E-state index in [2.05, 4.69) is 6.58 Å². The molecule has 2 heterocycles. The zero-order valence-electron chi connectivity index (χ0n) is 19.1. The number of hydrogen-bond donors (Lipinski definition) is 0. The summed E-state index contributed by atoms with van der Waals surface area (Å²) < 4.78 is 34.3. The number of fused-ring (bicyclic) bond motifs is 2. The average molecular weight is 491 g/mol. The third kappa shape index (κ3) is 3.97. The minimum absolute atomic E-state index is 0.0899. The minimum atomic E-state index is -4.15. The largest absolute Gasteiger partial charge is 0.445 e. The Morgan fingerprint density at radius 2 is 1.74 bits per heavy atom. The first-order chi connectivity index (χ1) is 16.9. The fourth-order valence-electron chi connectivity index (χ4n) is 5.27. The summed E-state index contributed by atoms with van der Waals surface area (Å²) in [6.07, 6.45) is 1.67. The summed E-state index contributed by atoms with van der Waals surface area (Å²) in [6.45, 7) is 4.16. The predicted octanol–water partition coefficient (Wildman–Crippen LogP) is 4.34. The van der Waals surface area contributed by atoms with Gasteiger partial charge in [-0.3, -0.25) is 4.79 Å². The fourth-order valence-corrected chi connectivity index (χ4v) is 7.16. The summed E-state index contributed by atoms with van der Waals surface area (Å²) >= 11 is 0. The van der Waals surface area contributed by atoms with Crippen LogP contribution in [-0.4, -0.2) is 48.3 Å². The molecule has 0 saturated carbocycles. The third-order valence-electron chi connectivity index (χ3n) is 6.81. The SMILES string of the molecule is C=CCC1C(=O)N(S(=O)(=O)c2cccc3ccccc23)C2CCN(C(=O)OCc3ccccc3)[C@H]12. The van der Waals surface area contributed by atoms with E-state index in [0.29, 0.717) is 18.4 Å². The lowest BCUT2D eigenvalue weighted by Crippen LogP contribution is -2.43. The molecule has 35 heavy (non-hydrogen) atoms. The van der Waals surface area contributed by atoms with Gasteiger partial charge in [-0.1, -0.05) is 72.8 Å². The van der Waals surface area contributed by atoms with Crippen molar-refractivity contribution >= 4 is 32.8 Å². The zero-order valence-corrected chi connectivity index (χ0v) is 19.9. The Labute approximate surface area is 204 Å². The molecule has 2 amide bonds. The van der Waals surface area contributed by atoms with Crippen molar-refractivity contribution in [2.24, 2.45) is 5.92 Å². The monoisotopic (exact) mass is 490 g/mol. The van der Waals surface area contributed by atoms with Crippen LogP contribution in [0.25, 0.3) is 10.8 Å². The second-order valence-electron chi connectivity index (χ2n) is 8.83. The van der Waals surface area contributed by atoms with E-state index in [1.54, 1.807) is 24.3 Å². The Kier molecular flexibility index (Phi) is 6.06. The summed E-state index contributed by atoms with van der Waals surface area (Å²) in [5.74, 6) is -1.21. The van der Waals surface area contributed by atoms with E-state index in [1.165, 1.54) is 11.0 Å². The molecule has 7 nitrogen and oxygen atoms in total. The van der Waals surface area contributed by atoms with Crippen LogP contribution in [0.2, 0.25) is 0 Å². The molecule has 0 aliphatic carbocycles. The van der Waals surface area contributed by atoms with Crippen molar-refractivity contribution in [2.75, 3.05) is 6.54 Å². The van der Waals surface area contributed by atoms with Crippen molar-refractivity contribution in [3.63, 3.8) is 0 Å². The number of likely N-dealkylation sites (tertiary alicyclic amines) is 1. The van der Waals surface area contributed by atoms with Gasteiger partial charge in [0, 0.05) is 11.9 Å². The highest BCUT2D eigenvalue weighted by molar-refractivity contribution is 7.90. The van der Waals surface area contributed by atoms with Crippen LogP contribution in [0.5, 0.6) is 0 Å². The maximum absolute atomic E-state index is 13.9. The Hall–Kier alpha value is -3.65. The number of nitrogens with zero attached hydrogens (tertiary/aromatic N) is 2. The molecule has 0 N–H and O–H groups in total. The second kappa shape index (κ2) is 9.19. The highest BCUT2D eigenvalue weighted by atomic mass is 32.2. The van der Waals surface area contributed by atoms with Crippen LogP contribution in [0.15, 0.2) is 90.3 Å². The summed E-state index contributed by atoms with van der Waals surface area (Å²) in [5, 5.41) is 1.33. The maximum atomic E-state index is 13.9. The highest BCUT2D eigenvalue weighted by Crippen LogP contribution is 2.42. The van der Waals surface area contributed by atoms with Gasteiger partial charge in [-0.25, -0.2) is 17.5 Å². The van der Waals surface area contributed by atoms with Crippen LogP contribution in [-0.2, 0) is 26.2 Å². The van der Waals surface area contributed by atoms with E-state index in [-0.39, 0.29) is 17.9 Å². The number of carbonyl (C=O) groups excluding carboxylic acids is 2. The van der Waals surface area contributed by atoms with Crippen molar-refractivity contribution in [1.29, 1.82) is 0 Å². The third-order valence-corrected chi connectivity index (χ3v) is 8.69. The quantitative estimate of drug-likeness (QED) is 0.480. The molecule has 2 unspecified atom stereocenters. The molecule has 2 saturated heterocycles. The van der Waals surface area contributed by atoms with Crippen molar-refractivity contribution in [3.8, 4) is 0 Å². The standard InChI is InChI=1S/C27H26N2O5S/c1-2-9-22-25-23(16-17-28(25)27(31)34-18-19-10-4-3-5-11-19)29(26(22)30)35(32,33)24-15-8-13-20-12-6-7-14-21(20)24/h2-8,10-15,22-23,25H,1,9,16-18H2/t22?,23?,25-/m1/s1. The van der Waals surface area contributed by atoms with Gasteiger partial charge in [0.25, 0.3) is 10.0 Å². The van der Waals surface area contributed by atoms with Crippen LogP contribution in [0.1, 0.15) is 18.4 Å². The van der Waals surface area contributed by atoms with Crippen molar-refractivity contribution in [1.82, 2.24) is 9.21 Å². The number of benzene rings is 3. The van der Waals surface area contributed by atoms with E-state index in [9.17, 15) is 18.0 Å². The topological polar surface area (TPSA) is 84.0 Å². The molecular weight excluding hydrogens is 464 g/mol. The Morgan fingerprint density at radius 1 is 1.03 bits per heavy atom. The van der Waals surface area contributed by atoms with Crippen molar-refractivity contribution in [3.05, 3.63) is 91.0 Å². The molecule has 3 aromatic rings. The molecule has 2 fully saturated rings. The Balaban J connectivity index is 1.46. The van der Waals surface area contributed by atoms with Crippen LogP contribution in [0.4, 0.5) is 4.79 Å². The molecule has 5 rings (SSSR count). The van der Waals surface area contributed by atoms with E-state index in [1.807, 2.05) is 48.5 Å². The van der Waals surface area contributed by atoms with Gasteiger partial charge in [0.1, 0.15) is 6.61 Å². The zero-order chi connectivity index (χ0) is 24.6. The van der Waals surface area contributed by atoms with Crippen molar-refractivity contribution < 1.29 is 22.7 Å². The lowest BCUT2D eigenvalue weighted by Gasteiger charge is -2.26. The van der Waals surface area contributed by atoms with Crippen molar-refractivity contribution in [2.45, 2.75) is 36.4 Å². The van der Waals surface area contributed by atoms with Gasteiger partial charge >= 0.3 is 6.09 Å². The predicted molar refractivity (Wildman–Crippen MR) is 132 cm³/mol. The van der Waals surface area contributed by atoms with Gasteiger partial charge < -0.3 is 9.64 Å². The van der Waals surface area contributed by atoms with Crippen LogP contribution >= 0.6 is 0 Å². The molecule has 0 spiro atoms. The van der Waals surface area contributed by atoms with Gasteiger partial charge in [0.2, 0.25) is 5.91 Å². The van der Waals surface area contributed by atoms with E-state index < -0.39 is 40.0 Å². The lowest BCUT2D eigenvalue weighted by molar-refractivity contribution is -0.128. The molecule has 0 aromatic heterocycles. The minimum Gasteiger partial charge on any atom is -0.445 e. The van der Waals surface area contributed by atoms with Crippen LogP contribution < -0.4 is 0 Å². The molecule has 180 valence electrons. The van der Waals surface area contributed by atoms with E-state index in [4.69, 9.17) is 4.74 Å². The molecule has 3 aromatic carbocycles. The van der Waals surface area contributed by atoms with Gasteiger partial charge in [-0.05, 0) is 29.9 Å². The first-order valence-corrected chi connectivity index (χ1v) is 13.0. The smallest absolute Gasteiger partial charge is 0.410 e. The molecule has 0 bridgehead atoms. The molecule has 2 aliphatic heterocycles. The summed E-state index contributed by atoms with van der Waals surface area (Å²) in [4.78, 5) is 28.2. The van der Waals surface area contributed by atoms with Crippen LogP contribution in [0, 0.1) is 5.92 Å². The molecular formula is C27H26N2O5S. The molecule has 0 radical (unpaired) electrons. The fraction of sp³-hybridized carbons (Fsp3) is 0.259. The Bertz CT molecular complexity index is 1380. The number of carbonyl (C=O) groups is 2. The number of hydrogen-bond acceptors (Lipinski definition) is 5. The lowest BCUT2D eigenvalue weighted by atomic mass is 9.96. The maximum Gasteiger partial charge on any atom is 0.410 e. The van der Waals surface area contributed by atoms with Gasteiger partial charge in [0.15, 0.2) is 0 Å². The number of rotatable bonds is 6. The average Bonchev–Trinajstić information content (AvgIpc) is 3.41. The first kappa shape index (κ1) is 23.1. The summed E-state index contributed by atoms with van der Waals surface area (Å²) in [6, 6.07) is 20.3. The van der Waals surface area contributed by atoms with Gasteiger partial charge in [-0.2, -0.15) is 0 Å². The van der Waals surface area contributed by atoms with Gasteiger partial charge in [-0.15, -0.1) is 6.58 Å².